The standard InChI is InChI=1S/C14H7Cl2FN2OS/c15-8-3-7(4-9(16)5-8)13(20)19-14-18-11-2-1-10(17)6-12(11)21-14/h1-6H,(H,18,19,20). The average Bonchev–Trinajstić information content (AvgIpc) is 2.78. The van der Waals surface area contributed by atoms with Crippen molar-refractivity contribution in [3.05, 3.63) is 57.8 Å². The normalized spacial score (nSPS) is 10.8. The number of nitrogens with one attached hydrogen (secondary N) is 1. The highest BCUT2D eigenvalue weighted by molar-refractivity contribution is 7.22. The van der Waals surface area contributed by atoms with Crippen molar-refractivity contribution in [1.82, 2.24) is 4.98 Å². The molecule has 0 aliphatic rings. The zero-order valence-corrected chi connectivity index (χ0v) is 12.7. The summed E-state index contributed by atoms with van der Waals surface area (Å²) in [5.74, 6) is -0.718. The molecule has 0 radical (unpaired) electrons. The molecule has 0 saturated carbocycles. The SMILES string of the molecule is O=C(Nc1nc2ccc(F)cc2s1)c1cc(Cl)cc(Cl)c1. The van der Waals surface area contributed by atoms with Gasteiger partial charge in [-0.25, -0.2) is 9.37 Å². The van der Waals surface area contributed by atoms with Crippen LogP contribution in [0.1, 0.15) is 10.4 Å². The smallest absolute Gasteiger partial charge is 0.257 e. The molecular formula is C14H7Cl2FN2OS. The Labute approximate surface area is 133 Å². The van der Waals surface area contributed by atoms with Crippen LogP contribution in [0.5, 0.6) is 0 Å². The number of fused-ring (bicyclic) bond motifs is 1. The molecule has 0 fully saturated rings. The number of thiazole rings is 1. The number of carbonyl (C=O) groups excluding carboxylic acids is 1. The highest BCUT2D eigenvalue weighted by Crippen LogP contribution is 2.27. The highest BCUT2D eigenvalue weighted by Gasteiger charge is 2.11. The van der Waals surface area contributed by atoms with Crippen LogP contribution < -0.4 is 5.32 Å². The second-order valence-electron chi connectivity index (χ2n) is 4.24. The van der Waals surface area contributed by atoms with Gasteiger partial charge in [0.05, 0.1) is 10.2 Å². The molecule has 0 spiro atoms. The van der Waals surface area contributed by atoms with Gasteiger partial charge in [-0.15, -0.1) is 0 Å². The number of rotatable bonds is 2. The molecule has 21 heavy (non-hydrogen) atoms. The van der Waals surface area contributed by atoms with Gasteiger partial charge in [-0.3, -0.25) is 10.1 Å². The van der Waals surface area contributed by atoms with Crippen molar-refractivity contribution >= 4 is 55.8 Å². The number of carbonyl (C=O) groups is 1. The molecule has 3 aromatic rings. The largest absolute Gasteiger partial charge is 0.298 e. The lowest BCUT2D eigenvalue weighted by Crippen LogP contribution is -2.11. The predicted octanol–water partition coefficient (Wildman–Crippen LogP) is 4.99. The van der Waals surface area contributed by atoms with E-state index in [2.05, 4.69) is 10.3 Å². The maximum absolute atomic E-state index is 13.1. The molecule has 3 rings (SSSR count). The van der Waals surface area contributed by atoms with E-state index in [1.807, 2.05) is 0 Å². The number of aromatic nitrogens is 1. The van der Waals surface area contributed by atoms with E-state index in [0.29, 0.717) is 31.0 Å². The number of anilines is 1. The Balaban J connectivity index is 1.88. The Kier molecular flexibility index (Phi) is 3.80. The summed E-state index contributed by atoms with van der Waals surface area (Å²) in [5.41, 5.74) is 0.957. The summed E-state index contributed by atoms with van der Waals surface area (Å²) in [7, 11) is 0. The molecule has 1 amide bonds. The molecule has 0 aliphatic heterocycles. The fourth-order valence-electron chi connectivity index (χ4n) is 1.81. The third kappa shape index (κ3) is 3.15. The van der Waals surface area contributed by atoms with E-state index < -0.39 is 0 Å². The van der Waals surface area contributed by atoms with Crippen molar-refractivity contribution in [2.75, 3.05) is 5.32 Å². The number of nitrogens with zero attached hydrogens (tertiary/aromatic N) is 1. The van der Waals surface area contributed by atoms with Crippen LogP contribution >= 0.6 is 34.5 Å². The van der Waals surface area contributed by atoms with E-state index in [-0.39, 0.29) is 11.7 Å². The first-order valence-electron chi connectivity index (χ1n) is 5.85. The van der Waals surface area contributed by atoms with Crippen LogP contribution in [-0.4, -0.2) is 10.9 Å². The summed E-state index contributed by atoms with van der Waals surface area (Å²) in [5, 5.41) is 3.78. The third-order valence-electron chi connectivity index (χ3n) is 2.70. The van der Waals surface area contributed by atoms with Gasteiger partial charge in [-0.05, 0) is 36.4 Å². The lowest BCUT2D eigenvalue weighted by Gasteiger charge is -2.02. The number of benzene rings is 2. The van der Waals surface area contributed by atoms with Crippen molar-refractivity contribution in [2.45, 2.75) is 0 Å². The zero-order chi connectivity index (χ0) is 15.0. The Morgan fingerprint density at radius 1 is 1.14 bits per heavy atom. The van der Waals surface area contributed by atoms with E-state index >= 15 is 0 Å². The van der Waals surface area contributed by atoms with Crippen LogP contribution in [0.2, 0.25) is 10.0 Å². The fourth-order valence-corrected chi connectivity index (χ4v) is 3.22. The monoisotopic (exact) mass is 340 g/mol. The molecule has 1 N–H and O–H groups in total. The molecule has 0 aliphatic carbocycles. The van der Waals surface area contributed by atoms with E-state index in [1.165, 1.54) is 35.6 Å². The van der Waals surface area contributed by atoms with Gasteiger partial charge >= 0.3 is 0 Å². The fraction of sp³-hybridized carbons (Fsp3) is 0. The Hall–Kier alpha value is -1.69. The Morgan fingerprint density at radius 2 is 1.86 bits per heavy atom. The number of hydrogen-bond acceptors (Lipinski definition) is 3. The van der Waals surface area contributed by atoms with Crippen molar-refractivity contribution < 1.29 is 9.18 Å². The van der Waals surface area contributed by atoms with Gasteiger partial charge in [0.2, 0.25) is 0 Å². The van der Waals surface area contributed by atoms with E-state index in [4.69, 9.17) is 23.2 Å². The third-order valence-corrected chi connectivity index (χ3v) is 4.07. The van der Waals surface area contributed by atoms with Gasteiger partial charge in [0.15, 0.2) is 5.13 Å². The first kappa shape index (κ1) is 14.3. The van der Waals surface area contributed by atoms with Gasteiger partial charge in [0, 0.05) is 15.6 Å². The highest BCUT2D eigenvalue weighted by atomic mass is 35.5. The summed E-state index contributed by atoms with van der Waals surface area (Å²) >= 11 is 12.9. The van der Waals surface area contributed by atoms with Crippen molar-refractivity contribution in [3.63, 3.8) is 0 Å². The van der Waals surface area contributed by atoms with Crippen molar-refractivity contribution in [1.29, 1.82) is 0 Å². The minimum Gasteiger partial charge on any atom is -0.298 e. The van der Waals surface area contributed by atoms with Gasteiger partial charge < -0.3 is 0 Å². The quantitative estimate of drug-likeness (QED) is 0.713. The lowest BCUT2D eigenvalue weighted by molar-refractivity contribution is 0.102. The van der Waals surface area contributed by atoms with Crippen LogP contribution in [-0.2, 0) is 0 Å². The zero-order valence-electron chi connectivity index (χ0n) is 10.4. The first-order chi connectivity index (χ1) is 10.0. The first-order valence-corrected chi connectivity index (χ1v) is 7.42. The lowest BCUT2D eigenvalue weighted by atomic mass is 10.2. The van der Waals surface area contributed by atoms with E-state index in [0.717, 1.165) is 0 Å². The van der Waals surface area contributed by atoms with Gasteiger partial charge in [-0.1, -0.05) is 34.5 Å². The van der Waals surface area contributed by atoms with Crippen LogP contribution in [0, 0.1) is 5.82 Å². The Morgan fingerprint density at radius 3 is 2.57 bits per heavy atom. The van der Waals surface area contributed by atoms with Gasteiger partial charge in [-0.2, -0.15) is 0 Å². The molecule has 0 bridgehead atoms. The van der Waals surface area contributed by atoms with E-state index in [1.54, 1.807) is 12.1 Å². The summed E-state index contributed by atoms with van der Waals surface area (Å²) in [6, 6.07) is 8.82. The molecule has 0 unspecified atom stereocenters. The predicted molar refractivity (Wildman–Crippen MR) is 84.0 cm³/mol. The van der Waals surface area contributed by atoms with Gasteiger partial charge in [0.25, 0.3) is 5.91 Å². The second-order valence-corrected chi connectivity index (χ2v) is 6.15. The van der Waals surface area contributed by atoms with Crippen LogP contribution in [0.15, 0.2) is 36.4 Å². The van der Waals surface area contributed by atoms with Gasteiger partial charge in [0.1, 0.15) is 5.82 Å². The summed E-state index contributed by atoms with van der Waals surface area (Å²) < 4.78 is 13.8. The molecule has 7 heteroatoms. The maximum Gasteiger partial charge on any atom is 0.257 e. The summed E-state index contributed by atoms with van der Waals surface area (Å²) in [6.07, 6.45) is 0. The average molecular weight is 341 g/mol. The number of amides is 1. The minimum absolute atomic E-state index is 0.331. The van der Waals surface area contributed by atoms with E-state index in [9.17, 15) is 9.18 Å². The molecule has 1 heterocycles. The van der Waals surface area contributed by atoms with Crippen LogP contribution in [0.4, 0.5) is 9.52 Å². The molecular weight excluding hydrogens is 334 g/mol. The number of halogens is 3. The minimum atomic E-state index is -0.376. The molecule has 0 atom stereocenters. The van der Waals surface area contributed by atoms with Crippen LogP contribution in [0.25, 0.3) is 10.2 Å². The maximum atomic E-state index is 13.1. The molecule has 3 nitrogen and oxygen atoms in total. The Bertz CT molecular complexity index is 830. The second kappa shape index (κ2) is 5.60. The summed E-state index contributed by atoms with van der Waals surface area (Å²) in [6.45, 7) is 0. The summed E-state index contributed by atoms with van der Waals surface area (Å²) in [4.78, 5) is 16.3. The molecule has 2 aromatic carbocycles. The van der Waals surface area contributed by atoms with Crippen molar-refractivity contribution in [3.8, 4) is 0 Å². The molecule has 106 valence electrons. The number of hydrogen-bond donors (Lipinski definition) is 1. The van der Waals surface area contributed by atoms with Crippen molar-refractivity contribution in [2.24, 2.45) is 0 Å². The topological polar surface area (TPSA) is 42.0 Å². The molecule has 1 aromatic heterocycles. The van der Waals surface area contributed by atoms with Crippen LogP contribution in [0.3, 0.4) is 0 Å². The molecule has 0 saturated heterocycles.